The van der Waals surface area contributed by atoms with Crippen LogP contribution in [0.25, 0.3) is 0 Å². The average molecular weight is 251 g/mol. The molecule has 3 heteroatoms. The fourth-order valence-corrected chi connectivity index (χ4v) is 2.55. The predicted molar refractivity (Wildman–Crippen MR) is 70.9 cm³/mol. The molecular weight excluding hydrogens is 229 g/mol. The monoisotopic (exact) mass is 251 g/mol. The van der Waals surface area contributed by atoms with Gasteiger partial charge < -0.3 is 10.4 Å². The molecule has 1 fully saturated rings. The summed E-state index contributed by atoms with van der Waals surface area (Å²) >= 11 is 0. The van der Waals surface area contributed by atoms with E-state index >= 15 is 0 Å². The number of aromatic hydroxyl groups is 1. The molecule has 0 bridgehead atoms. The molecule has 0 heterocycles. The third-order valence-corrected chi connectivity index (χ3v) is 3.96. The molecular formula is C15H22FNO. The summed E-state index contributed by atoms with van der Waals surface area (Å²) in [5.41, 5.74) is 1.10. The van der Waals surface area contributed by atoms with E-state index in [1.165, 1.54) is 31.0 Å². The Morgan fingerprint density at radius 3 is 2.67 bits per heavy atom. The lowest BCUT2D eigenvalue weighted by Crippen LogP contribution is -2.35. The smallest absolute Gasteiger partial charge is 0.123 e. The number of halogens is 1. The van der Waals surface area contributed by atoms with E-state index in [1.807, 2.05) is 0 Å². The van der Waals surface area contributed by atoms with Crippen molar-refractivity contribution in [3.8, 4) is 5.75 Å². The van der Waals surface area contributed by atoms with E-state index in [0.29, 0.717) is 23.6 Å². The summed E-state index contributed by atoms with van der Waals surface area (Å²) < 4.78 is 13.1. The van der Waals surface area contributed by atoms with E-state index in [-0.39, 0.29) is 11.6 Å². The Labute approximate surface area is 108 Å². The maximum absolute atomic E-state index is 13.1. The van der Waals surface area contributed by atoms with Gasteiger partial charge in [-0.05, 0) is 49.3 Å². The van der Waals surface area contributed by atoms with Crippen molar-refractivity contribution in [3.05, 3.63) is 29.6 Å². The maximum Gasteiger partial charge on any atom is 0.123 e. The first-order valence-corrected chi connectivity index (χ1v) is 6.67. The zero-order chi connectivity index (χ0) is 13.2. The molecule has 0 aliphatic heterocycles. The molecule has 1 saturated carbocycles. The predicted octanol–water partition coefficient (Wildman–Crippen LogP) is 3.59. The summed E-state index contributed by atoms with van der Waals surface area (Å²) in [5.74, 6) is -0.130. The SMILES string of the molecule is CC1(C)CCC(NCc2cc(F)ccc2O)CC1. The molecule has 1 aliphatic carbocycles. The molecule has 18 heavy (non-hydrogen) atoms. The Kier molecular flexibility index (Phi) is 3.91. The van der Waals surface area contributed by atoms with Gasteiger partial charge in [0.15, 0.2) is 0 Å². The summed E-state index contributed by atoms with van der Waals surface area (Å²) in [5, 5.41) is 13.1. The first-order valence-electron chi connectivity index (χ1n) is 6.67. The van der Waals surface area contributed by atoms with Crippen molar-refractivity contribution >= 4 is 0 Å². The second kappa shape index (κ2) is 5.27. The normalized spacial score (nSPS) is 19.9. The Morgan fingerprint density at radius 1 is 1.33 bits per heavy atom. The van der Waals surface area contributed by atoms with Gasteiger partial charge in [-0.25, -0.2) is 4.39 Å². The molecule has 0 saturated heterocycles. The third-order valence-electron chi connectivity index (χ3n) is 3.96. The van der Waals surface area contributed by atoms with Crippen LogP contribution in [-0.2, 0) is 6.54 Å². The van der Waals surface area contributed by atoms with Crippen molar-refractivity contribution in [2.45, 2.75) is 52.1 Å². The molecule has 2 N–H and O–H groups in total. The van der Waals surface area contributed by atoms with Gasteiger partial charge in [0.25, 0.3) is 0 Å². The molecule has 1 aliphatic rings. The minimum absolute atomic E-state index is 0.167. The van der Waals surface area contributed by atoms with Gasteiger partial charge in [-0.2, -0.15) is 0 Å². The Balaban J connectivity index is 1.87. The van der Waals surface area contributed by atoms with Crippen molar-refractivity contribution in [3.63, 3.8) is 0 Å². The summed E-state index contributed by atoms with van der Waals surface area (Å²) in [6.45, 7) is 5.15. The molecule has 100 valence electrons. The van der Waals surface area contributed by atoms with Gasteiger partial charge in [0.1, 0.15) is 11.6 Å². The van der Waals surface area contributed by atoms with Gasteiger partial charge in [0.05, 0.1) is 0 Å². The van der Waals surface area contributed by atoms with E-state index in [4.69, 9.17) is 0 Å². The van der Waals surface area contributed by atoms with Crippen LogP contribution in [0.3, 0.4) is 0 Å². The molecule has 0 unspecified atom stereocenters. The summed E-state index contributed by atoms with van der Waals surface area (Å²) in [7, 11) is 0. The lowest BCUT2D eigenvalue weighted by atomic mass is 9.75. The standard InChI is InChI=1S/C15H22FNO/c1-15(2)7-5-13(6-8-15)17-10-11-9-12(16)3-4-14(11)18/h3-4,9,13,17-18H,5-8,10H2,1-2H3. The second-order valence-electron chi connectivity index (χ2n) is 6.09. The van der Waals surface area contributed by atoms with E-state index in [2.05, 4.69) is 19.2 Å². The number of hydrogen-bond donors (Lipinski definition) is 2. The highest BCUT2D eigenvalue weighted by molar-refractivity contribution is 5.32. The summed E-state index contributed by atoms with van der Waals surface area (Å²) in [6, 6.07) is 4.58. The summed E-state index contributed by atoms with van der Waals surface area (Å²) in [4.78, 5) is 0. The molecule has 2 rings (SSSR count). The number of phenols is 1. The quantitative estimate of drug-likeness (QED) is 0.860. The zero-order valence-electron chi connectivity index (χ0n) is 11.2. The van der Waals surface area contributed by atoms with Crippen molar-refractivity contribution < 1.29 is 9.50 Å². The van der Waals surface area contributed by atoms with Crippen LogP contribution in [0, 0.1) is 11.2 Å². The van der Waals surface area contributed by atoms with Crippen LogP contribution >= 0.6 is 0 Å². The van der Waals surface area contributed by atoms with E-state index < -0.39 is 0 Å². The topological polar surface area (TPSA) is 32.3 Å². The van der Waals surface area contributed by atoms with Crippen LogP contribution in [0.1, 0.15) is 45.1 Å². The fraction of sp³-hybridized carbons (Fsp3) is 0.600. The highest BCUT2D eigenvalue weighted by atomic mass is 19.1. The van der Waals surface area contributed by atoms with Crippen molar-refractivity contribution in [1.82, 2.24) is 5.32 Å². The molecule has 0 aromatic heterocycles. The Bertz CT molecular complexity index is 407. The van der Waals surface area contributed by atoms with Crippen LogP contribution in [0.4, 0.5) is 4.39 Å². The van der Waals surface area contributed by atoms with E-state index in [0.717, 1.165) is 12.8 Å². The van der Waals surface area contributed by atoms with Crippen LogP contribution in [0.2, 0.25) is 0 Å². The average Bonchev–Trinajstić information content (AvgIpc) is 2.32. The number of benzene rings is 1. The number of rotatable bonds is 3. The molecule has 0 atom stereocenters. The highest BCUT2D eigenvalue weighted by Gasteiger charge is 2.26. The lowest BCUT2D eigenvalue weighted by Gasteiger charge is -2.34. The van der Waals surface area contributed by atoms with Crippen molar-refractivity contribution in [1.29, 1.82) is 0 Å². The van der Waals surface area contributed by atoms with Crippen molar-refractivity contribution in [2.24, 2.45) is 5.41 Å². The fourth-order valence-electron chi connectivity index (χ4n) is 2.55. The van der Waals surface area contributed by atoms with Crippen LogP contribution in [-0.4, -0.2) is 11.1 Å². The Hall–Kier alpha value is -1.09. The molecule has 0 amide bonds. The summed E-state index contributed by atoms with van der Waals surface area (Å²) in [6.07, 6.45) is 4.76. The van der Waals surface area contributed by atoms with Gasteiger partial charge in [0, 0.05) is 18.2 Å². The van der Waals surface area contributed by atoms with Crippen LogP contribution < -0.4 is 5.32 Å². The molecule has 2 nitrogen and oxygen atoms in total. The molecule has 1 aromatic carbocycles. The zero-order valence-corrected chi connectivity index (χ0v) is 11.2. The molecule has 1 aromatic rings. The van der Waals surface area contributed by atoms with Gasteiger partial charge in [-0.15, -0.1) is 0 Å². The van der Waals surface area contributed by atoms with Gasteiger partial charge >= 0.3 is 0 Å². The number of nitrogens with one attached hydrogen (secondary N) is 1. The number of phenolic OH excluding ortho intramolecular Hbond substituents is 1. The van der Waals surface area contributed by atoms with Gasteiger partial charge in [-0.3, -0.25) is 0 Å². The van der Waals surface area contributed by atoms with Gasteiger partial charge in [-0.1, -0.05) is 13.8 Å². The second-order valence-corrected chi connectivity index (χ2v) is 6.09. The lowest BCUT2D eigenvalue weighted by molar-refractivity contribution is 0.205. The van der Waals surface area contributed by atoms with E-state index in [9.17, 15) is 9.50 Å². The third kappa shape index (κ3) is 3.45. The Morgan fingerprint density at radius 2 is 2.00 bits per heavy atom. The molecule has 0 spiro atoms. The molecule has 0 radical (unpaired) electrons. The highest BCUT2D eigenvalue weighted by Crippen LogP contribution is 2.35. The van der Waals surface area contributed by atoms with Crippen molar-refractivity contribution in [2.75, 3.05) is 0 Å². The maximum atomic E-state index is 13.1. The largest absolute Gasteiger partial charge is 0.508 e. The minimum atomic E-state index is -0.297. The van der Waals surface area contributed by atoms with Crippen LogP contribution in [0.5, 0.6) is 5.75 Å². The van der Waals surface area contributed by atoms with E-state index in [1.54, 1.807) is 0 Å². The number of hydrogen-bond acceptors (Lipinski definition) is 2. The van der Waals surface area contributed by atoms with Gasteiger partial charge in [0.2, 0.25) is 0 Å². The first-order chi connectivity index (χ1) is 8.46. The minimum Gasteiger partial charge on any atom is -0.508 e. The van der Waals surface area contributed by atoms with Crippen LogP contribution in [0.15, 0.2) is 18.2 Å². The first kappa shape index (κ1) is 13.3.